The fraction of sp³-hybridized carbons (Fsp3) is 0.333. The minimum absolute atomic E-state index is 0.174. The molecule has 0 spiro atoms. The molecule has 10 heteroatoms. The molecule has 4 atom stereocenters. The average molecular weight is 422 g/mol. The normalized spacial score (nSPS) is 24.5. The molecule has 0 bridgehead atoms. The number of hydrogen-bond donors (Lipinski definition) is 2. The van der Waals surface area contributed by atoms with E-state index < -0.39 is 0 Å². The highest BCUT2D eigenvalue weighted by Crippen LogP contribution is 2.35. The first-order valence-electron chi connectivity index (χ1n) is 10.0. The molecular formula is C21H22N6O4. The molecule has 4 unspecified atom stereocenters. The van der Waals surface area contributed by atoms with Crippen molar-refractivity contribution in [2.75, 3.05) is 25.6 Å². The Morgan fingerprint density at radius 3 is 2.61 bits per heavy atom. The van der Waals surface area contributed by atoms with Crippen LogP contribution in [0.25, 0.3) is 11.4 Å². The van der Waals surface area contributed by atoms with Crippen LogP contribution in [0.2, 0.25) is 0 Å². The van der Waals surface area contributed by atoms with Crippen LogP contribution in [0.1, 0.15) is 6.04 Å². The standard InChI is InChI=1S/C21H22N6O4/c1-29-15-9-7-14(8-10-15)22-21(28)23-16-11-30-19-17(12-31-18(16)19)27-20(24-25-26-27)13-5-3-2-4-6-13/h2-10,16-19H,11-12H2,1H3,(H2,22,23,28). The number of methoxy groups -OCH3 is 1. The second-order valence-corrected chi connectivity index (χ2v) is 7.41. The van der Waals surface area contributed by atoms with Crippen LogP contribution in [0.5, 0.6) is 5.75 Å². The lowest BCUT2D eigenvalue weighted by Crippen LogP contribution is -2.45. The number of ether oxygens (including phenoxy) is 3. The van der Waals surface area contributed by atoms with Gasteiger partial charge >= 0.3 is 6.03 Å². The van der Waals surface area contributed by atoms with Crippen molar-refractivity contribution in [1.29, 1.82) is 0 Å². The Kier molecular flexibility index (Phi) is 5.23. The number of anilines is 1. The molecule has 1 aromatic heterocycles. The van der Waals surface area contributed by atoms with Gasteiger partial charge < -0.3 is 24.8 Å². The van der Waals surface area contributed by atoms with Gasteiger partial charge in [-0.1, -0.05) is 30.3 Å². The van der Waals surface area contributed by atoms with Crippen molar-refractivity contribution in [3.05, 3.63) is 54.6 Å². The van der Waals surface area contributed by atoms with Gasteiger partial charge in [0.1, 0.15) is 24.0 Å². The lowest BCUT2D eigenvalue weighted by molar-refractivity contribution is 0.0624. The highest BCUT2D eigenvalue weighted by molar-refractivity contribution is 5.89. The number of carbonyl (C=O) groups is 1. The molecule has 2 amide bonds. The summed E-state index contributed by atoms with van der Waals surface area (Å²) < 4.78 is 18.9. The summed E-state index contributed by atoms with van der Waals surface area (Å²) in [5.41, 5.74) is 1.59. The first-order chi connectivity index (χ1) is 15.2. The second-order valence-electron chi connectivity index (χ2n) is 7.41. The Morgan fingerprint density at radius 2 is 1.84 bits per heavy atom. The van der Waals surface area contributed by atoms with Gasteiger partial charge in [-0.2, -0.15) is 0 Å². The summed E-state index contributed by atoms with van der Waals surface area (Å²) in [6.45, 7) is 0.753. The van der Waals surface area contributed by atoms with Crippen LogP contribution in [0, 0.1) is 0 Å². The van der Waals surface area contributed by atoms with Crippen LogP contribution in [0.3, 0.4) is 0 Å². The molecule has 160 valence electrons. The first kappa shape index (κ1) is 19.5. The largest absolute Gasteiger partial charge is 0.497 e. The molecule has 2 N–H and O–H groups in total. The van der Waals surface area contributed by atoms with E-state index >= 15 is 0 Å². The zero-order valence-electron chi connectivity index (χ0n) is 16.8. The third-order valence-corrected chi connectivity index (χ3v) is 5.53. The van der Waals surface area contributed by atoms with E-state index in [-0.39, 0.29) is 30.3 Å². The summed E-state index contributed by atoms with van der Waals surface area (Å²) >= 11 is 0. The quantitative estimate of drug-likeness (QED) is 0.646. The zero-order valence-corrected chi connectivity index (χ0v) is 16.8. The molecule has 0 radical (unpaired) electrons. The van der Waals surface area contributed by atoms with E-state index in [1.54, 1.807) is 36.1 Å². The highest BCUT2D eigenvalue weighted by atomic mass is 16.6. The Bertz CT molecular complexity index is 1040. The van der Waals surface area contributed by atoms with E-state index in [4.69, 9.17) is 14.2 Å². The maximum absolute atomic E-state index is 12.5. The predicted octanol–water partition coefficient (Wildman–Crippen LogP) is 1.88. The number of amides is 2. The van der Waals surface area contributed by atoms with Gasteiger partial charge in [-0.3, -0.25) is 0 Å². The van der Waals surface area contributed by atoms with Gasteiger partial charge in [-0.05, 0) is 34.7 Å². The molecule has 10 nitrogen and oxygen atoms in total. The second kappa shape index (κ2) is 8.32. The average Bonchev–Trinajstić information content (AvgIpc) is 3.52. The van der Waals surface area contributed by atoms with Gasteiger partial charge in [0, 0.05) is 11.3 Å². The number of nitrogens with zero attached hydrogens (tertiary/aromatic N) is 4. The number of fused-ring (bicyclic) bond motifs is 1. The van der Waals surface area contributed by atoms with Gasteiger partial charge in [0.25, 0.3) is 0 Å². The molecular weight excluding hydrogens is 400 g/mol. The van der Waals surface area contributed by atoms with Crippen molar-refractivity contribution in [2.45, 2.75) is 24.3 Å². The summed E-state index contributed by atoms with van der Waals surface area (Å²) in [5.74, 6) is 1.38. The maximum Gasteiger partial charge on any atom is 0.319 e. The van der Waals surface area contributed by atoms with E-state index in [1.165, 1.54) is 0 Å². The molecule has 5 rings (SSSR count). The SMILES string of the molecule is COc1ccc(NC(=O)NC2COC3C2OCC3n2nnnc2-c2ccccc2)cc1. The molecule has 31 heavy (non-hydrogen) atoms. The number of nitrogens with one attached hydrogen (secondary N) is 2. The molecule has 2 aliphatic heterocycles. The third-order valence-electron chi connectivity index (χ3n) is 5.53. The van der Waals surface area contributed by atoms with Crippen LogP contribution in [0.15, 0.2) is 54.6 Å². The number of carbonyl (C=O) groups excluding carboxylic acids is 1. The molecule has 2 saturated heterocycles. The maximum atomic E-state index is 12.5. The van der Waals surface area contributed by atoms with Crippen molar-refractivity contribution in [1.82, 2.24) is 25.5 Å². The molecule has 2 aliphatic rings. The van der Waals surface area contributed by atoms with Crippen molar-refractivity contribution in [2.24, 2.45) is 0 Å². The summed E-state index contributed by atoms with van der Waals surface area (Å²) in [6, 6.07) is 16.1. The fourth-order valence-electron chi connectivity index (χ4n) is 4.02. The van der Waals surface area contributed by atoms with Crippen molar-refractivity contribution in [3.8, 4) is 17.1 Å². The Morgan fingerprint density at radius 1 is 1.06 bits per heavy atom. The van der Waals surface area contributed by atoms with E-state index in [9.17, 15) is 4.79 Å². The monoisotopic (exact) mass is 422 g/mol. The van der Waals surface area contributed by atoms with Crippen LogP contribution in [-0.4, -0.2) is 64.8 Å². The smallest absolute Gasteiger partial charge is 0.319 e. The summed E-state index contributed by atoms with van der Waals surface area (Å²) in [6.07, 6.45) is -0.531. The lowest BCUT2D eigenvalue weighted by Gasteiger charge is -2.18. The Balaban J connectivity index is 1.24. The van der Waals surface area contributed by atoms with Gasteiger partial charge in [0.15, 0.2) is 5.82 Å². The minimum atomic E-state index is -0.320. The number of aromatic nitrogens is 4. The summed E-state index contributed by atoms with van der Waals surface area (Å²) in [7, 11) is 1.60. The van der Waals surface area contributed by atoms with Crippen molar-refractivity contribution >= 4 is 11.7 Å². The number of hydrogen-bond acceptors (Lipinski definition) is 7. The van der Waals surface area contributed by atoms with Gasteiger partial charge in [-0.25, -0.2) is 9.48 Å². The van der Waals surface area contributed by atoms with Crippen molar-refractivity contribution < 1.29 is 19.0 Å². The van der Waals surface area contributed by atoms with E-state index in [1.807, 2.05) is 30.3 Å². The Labute approximate surface area is 178 Å². The zero-order chi connectivity index (χ0) is 21.2. The lowest BCUT2D eigenvalue weighted by atomic mass is 10.1. The molecule has 0 saturated carbocycles. The number of benzene rings is 2. The number of urea groups is 1. The Hall–Kier alpha value is -3.50. The molecule has 3 heterocycles. The number of rotatable bonds is 5. The molecule has 2 aromatic carbocycles. The van der Waals surface area contributed by atoms with Crippen LogP contribution in [-0.2, 0) is 9.47 Å². The molecule has 2 fully saturated rings. The molecule has 3 aromatic rings. The van der Waals surface area contributed by atoms with Gasteiger partial charge in [0.05, 0.1) is 26.4 Å². The van der Waals surface area contributed by atoms with E-state index in [0.29, 0.717) is 24.7 Å². The van der Waals surface area contributed by atoms with Crippen LogP contribution < -0.4 is 15.4 Å². The summed E-state index contributed by atoms with van der Waals surface area (Å²) in [5, 5.41) is 18.0. The predicted molar refractivity (Wildman–Crippen MR) is 111 cm³/mol. The fourth-order valence-corrected chi connectivity index (χ4v) is 4.02. The van der Waals surface area contributed by atoms with Gasteiger partial charge in [-0.15, -0.1) is 5.10 Å². The van der Waals surface area contributed by atoms with E-state index in [2.05, 4.69) is 26.2 Å². The van der Waals surface area contributed by atoms with Crippen LogP contribution >= 0.6 is 0 Å². The van der Waals surface area contributed by atoms with Crippen LogP contribution in [0.4, 0.5) is 10.5 Å². The highest BCUT2D eigenvalue weighted by Gasteiger charge is 2.50. The van der Waals surface area contributed by atoms with Gasteiger partial charge in [0.2, 0.25) is 0 Å². The minimum Gasteiger partial charge on any atom is -0.497 e. The topological polar surface area (TPSA) is 112 Å². The van der Waals surface area contributed by atoms with Crippen molar-refractivity contribution in [3.63, 3.8) is 0 Å². The summed E-state index contributed by atoms with van der Waals surface area (Å²) in [4.78, 5) is 12.5. The third kappa shape index (κ3) is 3.82. The number of tetrazole rings is 1. The van der Waals surface area contributed by atoms with E-state index in [0.717, 1.165) is 11.3 Å². The first-order valence-corrected chi connectivity index (χ1v) is 10.0. The molecule has 0 aliphatic carbocycles.